The van der Waals surface area contributed by atoms with Gasteiger partial charge in [0, 0.05) is 11.5 Å². The zero-order valence-corrected chi connectivity index (χ0v) is 18.3. The van der Waals surface area contributed by atoms with Crippen molar-refractivity contribution in [1.82, 2.24) is 0 Å². The van der Waals surface area contributed by atoms with Gasteiger partial charge in [-0.05, 0) is 85.8 Å². The molecule has 0 aliphatic heterocycles. The number of hydrogen-bond donors (Lipinski definition) is 0. The summed E-state index contributed by atoms with van der Waals surface area (Å²) in [4.78, 5) is 0. The van der Waals surface area contributed by atoms with Gasteiger partial charge in [0.25, 0.3) is 0 Å². The highest BCUT2D eigenvalue weighted by Gasteiger charge is 2.25. The minimum Gasteiger partial charge on any atom is -0.207 e. The minimum absolute atomic E-state index is 0.0691. The summed E-state index contributed by atoms with van der Waals surface area (Å²) in [6.45, 7) is 2.15. The predicted octanol–water partition coefficient (Wildman–Crippen LogP) is 8.02. The molecule has 178 valence electrons. The summed E-state index contributed by atoms with van der Waals surface area (Å²) in [6.07, 6.45) is 1.07. The molecule has 0 radical (unpaired) electrons. The lowest BCUT2D eigenvalue weighted by molar-refractivity contribution is -0.0696. The summed E-state index contributed by atoms with van der Waals surface area (Å²) >= 11 is 0. The summed E-state index contributed by atoms with van der Waals surface area (Å²) in [5.41, 5.74) is -0.473. The van der Waals surface area contributed by atoms with E-state index in [2.05, 4.69) is 6.92 Å². The summed E-state index contributed by atoms with van der Waals surface area (Å²) in [6, 6.07) is 4.37. The van der Waals surface area contributed by atoms with Gasteiger partial charge in [0.2, 0.25) is 0 Å². The number of rotatable bonds is 6. The number of aryl methyl sites for hydroxylation is 1. The number of hydrogen-bond acceptors (Lipinski definition) is 0. The normalized spacial score (nSPS) is 18.7. The van der Waals surface area contributed by atoms with E-state index in [9.17, 15) is 30.7 Å². The zero-order valence-electron chi connectivity index (χ0n) is 18.3. The van der Waals surface area contributed by atoms with Crippen molar-refractivity contribution in [2.45, 2.75) is 70.4 Å². The topological polar surface area (TPSA) is 0 Å². The molecule has 0 bridgehead atoms. The highest BCUT2D eigenvalue weighted by atomic mass is 19.4. The molecular formula is C26H25F7. The van der Waals surface area contributed by atoms with Gasteiger partial charge in [-0.25, -0.2) is 17.6 Å². The fraction of sp³-hybridized carbons (Fsp3) is 0.462. The molecule has 0 heterocycles. The van der Waals surface area contributed by atoms with E-state index in [-0.39, 0.29) is 29.9 Å². The van der Waals surface area contributed by atoms with Crippen LogP contribution in [-0.4, -0.2) is 6.18 Å². The molecule has 33 heavy (non-hydrogen) atoms. The first-order valence-electron chi connectivity index (χ1n) is 11.1. The molecule has 1 aliphatic carbocycles. The Hall–Kier alpha value is -2.49. The molecule has 0 unspecified atom stereocenters. The van der Waals surface area contributed by atoms with E-state index >= 15 is 0 Å². The van der Waals surface area contributed by atoms with Gasteiger partial charge >= 0.3 is 6.18 Å². The molecule has 0 spiro atoms. The van der Waals surface area contributed by atoms with Crippen molar-refractivity contribution in [3.8, 4) is 11.8 Å². The van der Waals surface area contributed by atoms with Crippen LogP contribution in [0.4, 0.5) is 30.7 Å². The lowest BCUT2D eigenvalue weighted by atomic mass is 9.77. The summed E-state index contributed by atoms with van der Waals surface area (Å²) in [5, 5.41) is 0. The van der Waals surface area contributed by atoms with Crippen LogP contribution in [0, 0.1) is 41.0 Å². The van der Waals surface area contributed by atoms with Crippen LogP contribution < -0.4 is 0 Å². The van der Waals surface area contributed by atoms with Crippen molar-refractivity contribution < 1.29 is 30.7 Å². The molecule has 2 aromatic rings. The molecule has 3 rings (SSSR count). The third-order valence-electron chi connectivity index (χ3n) is 6.27. The zero-order chi connectivity index (χ0) is 24.2. The van der Waals surface area contributed by atoms with Crippen LogP contribution in [0.15, 0.2) is 24.3 Å². The number of halogens is 7. The minimum atomic E-state index is -4.88. The fourth-order valence-electron chi connectivity index (χ4n) is 4.58. The smallest absolute Gasteiger partial charge is 0.207 e. The highest BCUT2D eigenvalue weighted by molar-refractivity contribution is 5.40. The van der Waals surface area contributed by atoms with Crippen molar-refractivity contribution in [3.05, 3.63) is 69.8 Å². The molecule has 0 atom stereocenters. The van der Waals surface area contributed by atoms with Crippen molar-refractivity contribution in [3.63, 3.8) is 0 Å². The monoisotopic (exact) mass is 470 g/mol. The average molecular weight is 470 g/mol. The average Bonchev–Trinajstić information content (AvgIpc) is 2.72. The first kappa shape index (κ1) is 25.1. The van der Waals surface area contributed by atoms with E-state index in [0.29, 0.717) is 11.5 Å². The van der Waals surface area contributed by atoms with Crippen LogP contribution in [0.25, 0.3) is 0 Å². The van der Waals surface area contributed by atoms with Crippen molar-refractivity contribution in [2.75, 3.05) is 0 Å². The van der Waals surface area contributed by atoms with Crippen molar-refractivity contribution in [1.29, 1.82) is 0 Å². The van der Waals surface area contributed by atoms with Crippen LogP contribution in [0.3, 0.4) is 0 Å². The highest BCUT2D eigenvalue weighted by Crippen LogP contribution is 2.38. The standard InChI is InChI=1S/C26H25F7/c1-2-3-16-4-7-18(8-5-16)19-14-24(29)20(25(30)15-19)9-6-17-12-22(27)21(23(28)13-17)10-11-26(31,32)33/h12-16,18H,2-9H2,1H3. The third-order valence-corrected chi connectivity index (χ3v) is 6.27. The van der Waals surface area contributed by atoms with Crippen molar-refractivity contribution in [2.24, 2.45) is 5.92 Å². The van der Waals surface area contributed by atoms with E-state index in [1.807, 2.05) is 0 Å². The van der Waals surface area contributed by atoms with Gasteiger partial charge in [-0.1, -0.05) is 25.7 Å². The van der Waals surface area contributed by atoms with E-state index in [1.165, 1.54) is 24.5 Å². The van der Waals surface area contributed by atoms with Gasteiger partial charge in [-0.15, -0.1) is 0 Å². The van der Waals surface area contributed by atoms with E-state index in [4.69, 9.17) is 0 Å². The molecule has 0 amide bonds. The first-order valence-corrected chi connectivity index (χ1v) is 11.1. The van der Waals surface area contributed by atoms with Gasteiger partial charge in [0.05, 0.1) is 5.56 Å². The Morgan fingerprint density at radius 2 is 1.39 bits per heavy atom. The molecule has 1 saturated carbocycles. The van der Waals surface area contributed by atoms with Crippen LogP contribution >= 0.6 is 0 Å². The Bertz CT molecular complexity index is 989. The molecule has 7 heteroatoms. The number of alkyl halides is 3. The molecule has 1 fully saturated rings. The van der Waals surface area contributed by atoms with Crippen LogP contribution in [0.5, 0.6) is 0 Å². The van der Waals surface area contributed by atoms with Gasteiger partial charge in [0.1, 0.15) is 23.3 Å². The molecule has 1 aliphatic rings. The largest absolute Gasteiger partial charge is 0.458 e. The van der Waals surface area contributed by atoms with Gasteiger partial charge in [-0.2, -0.15) is 13.2 Å². The third kappa shape index (κ3) is 6.75. The van der Waals surface area contributed by atoms with Crippen LogP contribution in [0.2, 0.25) is 0 Å². The lowest BCUT2D eigenvalue weighted by Gasteiger charge is -2.29. The van der Waals surface area contributed by atoms with Gasteiger partial charge in [-0.3, -0.25) is 0 Å². The Labute approximate surface area is 189 Å². The maximum Gasteiger partial charge on any atom is 0.458 e. The molecule has 0 nitrogen and oxygen atoms in total. The summed E-state index contributed by atoms with van der Waals surface area (Å²) in [7, 11) is 0. The molecular weight excluding hydrogens is 445 g/mol. The second-order valence-corrected chi connectivity index (χ2v) is 8.65. The van der Waals surface area contributed by atoms with E-state index in [1.54, 1.807) is 0 Å². The Kier molecular flexibility index (Phi) is 8.10. The SMILES string of the molecule is CCCC1CCC(c2cc(F)c(CCc3cc(F)c(C#CC(F)(F)F)c(F)c3)c(F)c2)CC1. The summed E-state index contributed by atoms with van der Waals surface area (Å²) in [5.74, 6) is -0.851. The molecule has 0 N–H and O–H groups in total. The maximum absolute atomic E-state index is 14.7. The van der Waals surface area contributed by atoms with Gasteiger partial charge in [0.15, 0.2) is 0 Å². The van der Waals surface area contributed by atoms with E-state index < -0.39 is 35.0 Å². The quantitative estimate of drug-likeness (QED) is 0.296. The molecule has 0 saturated heterocycles. The van der Waals surface area contributed by atoms with Crippen LogP contribution in [-0.2, 0) is 12.8 Å². The summed E-state index contributed by atoms with van der Waals surface area (Å²) < 4.78 is 94.0. The molecule has 0 aromatic heterocycles. The van der Waals surface area contributed by atoms with E-state index in [0.717, 1.165) is 50.2 Å². The second kappa shape index (κ2) is 10.6. The first-order chi connectivity index (χ1) is 15.6. The Morgan fingerprint density at radius 3 is 1.91 bits per heavy atom. The predicted molar refractivity (Wildman–Crippen MR) is 113 cm³/mol. The Balaban J connectivity index is 1.70. The lowest BCUT2D eigenvalue weighted by Crippen LogP contribution is -2.14. The molecule has 2 aromatic carbocycles. The fourth-order valence-corrected chi connectivity index (χ4v) is 4.58. The second-order valence-electron chi connectivity index (χ2n) is 8.65. The number of benzene rings is 2. The van der Waals surface area contributed by atoms with Crippen LogP contribution in [0.1, 0.15) is 73.6 Å². The van der Waals surface area contributed by atoms with Crippen molar-refractivity contribution >= 4 is 0 Å². The maximum atomic E-state index is 14.7. The van der Waals surface area contributed by atoms with Gasteiger partial charge < -0.3 is 0 Å². The Morgan fingerprint density at radius 1 is 0.818 bits per heavy atom.